The van der Waals surface area contributed by atoms with Crippen LogP contribution in [0.4, 0.5) is 5.69 Å². The lowest BCUT2D eigenvalue weighted by Crippen LogP contribution is -2.29. The lowest BCUT2D eigenvalue weighted by molar-refractivity contribution is 0.0926. The fraction of sp³-hybridized carbons (Fsp3) is 0.167. The van der Waals surface area contributed by atoms with Crippen molar-refractivity contribution in [2.45, 2.75) is 41.5 Å². The number of nitrogens with zero attached hydrogens (tertiary/aromatic N) is 3. The highest BCUT2D eigenvalue weighted by Crippen LogP contribution is 2.39. The molecular formula is C30H20N4O4S3. The molecule has 0 fully saturated rings. The van der Waals surface area contributed by atoms with Crippen molar-refractivity contribution in [1.82, 2.24) is 15.0 Å². The largest absolute Gasteiger partial charge is 0.446 e. The number of fused-ring (bicyclic) bond motifs is 5. The van der Waals surface area contributed by atoms with E-state index in [-0.39, 0.29) is 17.4 Å². The zero-order valence-corrected chi connectivity index (χ0v) is 23.9. The van der Waals surface area contributed by atoms with E-state index in [1.54, 1.807) is 47.7 Å². The summed E-state index contributed by atoms with van der Waals surface area (Å²) in [6, 6.07) is 15.9. The van der Waals surface area contributed by atoms with Gasteiger partial charge in [-0.2, -0.15) is 0 Å². The van der Waals surface area contributed by atoms with E-state index in [2.05, 4.69) is 4.98 Å². The second-order valence-corrected chi connectivity index (χ2v) is 13.4. The Labute approximate surface area is 245 Å². The van der Waals surface area contributed by atoms with Gasteiger partial charge in [-0.25, -0.2) is 14.9 Å². The summed E-state index contributed by atoms with van der Waals surface area (Å²) in [7, 11) is 0. The highest BCUT2D eigenvalue weighted by Gasteiger charge is 2.36. The normalized spacial score (nSPS) is 15.1. The summed E-state index contributed by atoms with van der Waals surface area (Å²) in [4.78, 5) is 54.5. The molecule has 2 aromatic carbocycles. The van der Waals surface area contributed by atoms with Gasteiger partial charge in [-0.15, -0.1) is 22.7 Å². The van der Waals surface area contributed by atoms with Crippen molar-refractivity contribution < 1.29 is 14.0 Å². The van der Waals surface area contributed by atoms with Crippen LogP contribution in [0.25, 0.3) is 32.0 Å². The Morgan fingerprint density at radius 3 is 2.51 bits per heavy atom. The minimum Gasteiger partial charge on any atom is -0.446 e. The number of hydrogen-bond acceptors (Lipinski definition) is 9. The molecule has 2 amide bonds. The first-order valence-electron chi connectivity index (χ1n) is 13.2. The second-order valence-electron chi connectivity index (χ2n) is 10.0. The average Bonchev–Trinajstić information content (AvgIpc) is 3.70. The number of hydrogen-bond donors (Lipinski definition) is 1. The fourth-order valence-electron chi connectivity index (χ4n) is 5.54. The Hall–Kier alpha value is -4.06. The van der Waals surface area contributed by atoms with E-state index in [0.717, 1.165) is 50.5 Å². The van der Waals surface area contributed by atoms with Crippen molar-refractivity contribution >= 4 is 72.4 Å². The SMILES string of the molecule is O=C1c2ccccc2C(=O)N1c1ccc2nc(Sc3ccc(-c4nc5sc6c(c5c(=O)[nH]4)CCCCC6)o3)sc2c1. The number of aryl methyl sites for hydroxylation is 2. The molecule has 8 rings (SSSR count). The van der Waals surface area contributed by atoms with Crippen molar-refractivity contribution in [3.8, 4) is 11.6 Å². The smallest absolute Gasteiger partial charge is 0.266 e. The van der Waals surface area contributed by atoms with E-state index in [1.807, 2.05) is 18.2 Å². The van der Waals surface area contributed by atoms with Crippen LogP contribution in [0.3, 0.4) is 0 Å². The molecule has 6 aromatic rings. The summed E-state index contributed by atoms with van der Waals surface area (Å²) in [5.41, 5.74) is 3.15. The van der Waals surface area contributed by atoms with Gasteiger partial charge in [-0.05, 0) is 85.5 Å². The molecular weight excluding hydrogens is 577 g/mol. The number of aromatic amines is 1. The number of aromatic nitrogens is 3. The first-order valence-corrected chi connectivity index (χ1v) is 15.7. The number of imide groups is 1. The van der Waals surface area contributed by atoms with E-state index in [4.69, 9.17) is 14.4 Å². The molecule has 0 saturated carbocycles. The number of amides is 2. The van der Waals surface area contributed by atoms with E-state index < -0.39 is 0 Å². The van der Waals surface area contributed by atoms with Crippen LogP contribution in [-0.4, -0.2) is 26.8 Å². The lowest BCUT2D eigenvalue weighted by atomic mass is 10.1. The highest BCUT2D eigenvalue weighted by molar-refractivity contribution is 8.01. The molecule has 202 valence electrons. The van der Waals surface area contributed by atoms with Crippen molar-refractivity contribution in [3.63, 3.8) is 0 Å². The maximum absolute atomic E-state index is 13.1. The molecule has 1 aliphatic carbocycles. The standard InChI is InChI=1S/C30H20N4O4S3/c35-26-24-18-8-2-1-3-9-21(18)39-27(24)33-25(32-26)20-12-13-23(38-20)41-30-31-19-11-10-15(14-22(19)40-30)34-28(36)16-6-4-5-7-17(16)29(34)37/h4-7,10-14H,1-3,8-9H2,(H,32,33,35). The Morgan fingerprint density at radius 2 is 1.68 bits per heavy atom. The van der Waals surface area contributed by atoms with Gasteiger partial charge in [0.1, 0.15) is 4.83 Å². The molecule has 8 nitrogen and oxygen atoms in total. The lowest BCUT2D eigenvalue weighted by Gasteiger charge is -2.13. The highest BCUT2D eigenvalue weighted by atomic mass is 32.2. The topological polar surface area (TPSA) is 109 Å². The summed E-state index contributed by atoms with van der Waals surface area (Å²) >= 11 is 4.44. The number of thiazole rings is 1. The Morgan fingerprint density at radius 1 is 0.878 bits per heavy atom. The van der Waals surface area contributed by atoms with Gasteiger partial charge in [-0.3, -0.25) is 14.4 Å². The number of furan rings is 1. The van der Waals surface area contributed by atoms with E-state index in [0.29, 0.717) is 33.5 Å². The van der Waals surface area contributed by atoms with E-state index in [1.165, 1.54) is 44.9 Å². The number of H-pyrrole nitrogens is 1. The Bertz CT molecular complexity index is 2070. The molecule has 2 aliphatic rings. The third-order valence-electron chi connectivity index (χ3n) is 7.48. The monoisotopic (exact) mass is 596 g/mol. The molecule has 0 spiro atoms. The van der Waals surface area contributed by atoms with Gasteiger partial charge in [0.25, 0.3) is 17.4 Å². The molecule has 41 heavy (non-hydrogen) atoms. The quantitative estimate of drug-likeness (QED) is 0.171. The summed E-state index contributed by atoms with van der Waals surface area (Å²) in [6.07, 6.45) is 5.40. The third-order valence-corrected chi connectivity index (χ3v) is 10.7. The number of rotatable bonds is 4. The van der Waals surface area contributed by atoms with E-state index in [9.17, 15) is 14.4 Å². The minimum atomic E-state index is -0.324. The summed E-state index contributed by atoms with van der Waals surface area (Å²) < 4.78 is 7.67. The second kappa shape index (κ2) is 9.51. The van der Waals surface area contributed by atoms with E-state index >= 15 is 0 Å². The molecule has 4 aromatic heterocycles. The van der Waals surface area contributed by atoms with Crippen LogP contribution < -0.4 is 10.5 Å². The first-order chi connectivity index (χ1) is 20.0. The van der Waals surface area contributed by atoms with Crippen LogP contribution in [-0.2, 0) is 12.8 Å². The number of carbonyl (C=O) groups is 2. The Balaban J connectivity index is 1.06. The molecule has 5 heterocycles. The maximum atomic E-state index is 13.1. The summed E-state index contributed by atoms with van der Waals surface area (Å²) in [5, 5.41) is 1.34. The first kappa shape index (κ1) is 24.7. The van der Waals surface area contributed by atoms with Gasteiger partial charge < -0.3 is 9.40 Å². The Kier molecular flexibility index (Phi) is 5.73. The number of benzene rings is 2. The molecule has 0 bridgehead atoms. The minimum absolute atomic E-state index is 0.116. The third kappa shape index (κ3) is 4.06. The van der Waals surface area contributed by atoms with Crippen molar-refractivity contribution in [3.05, 3.63) is 86.5 Å². The average molecular weight is 597 g/mol. The number of nitrogens with one attached hydrogen (secondary N) is 1. The zero-order valence-electron chi connectivity index (χ0n) is 21.4. The molecule has 1 N–H and O–H groups in total. The molecule has 0 saturated heterocycles. The molecule has 11 heteroatoms. The van der Waals surface area contributed by atoms with Crippen molar-refractivity contribution in [2.75, 3.05) is 4.90 Å². The maximum Gasteiger partial charge on any atom is 0.266 e. The number of carbonyl (C=O) groups excluding carboxylic acids is 2. The molecule has 0 atom stereocenters. The van der Waals surface area contributed by atoms with Gasteiger partial charge in [0.2, 0.25) is 0 Å². The molecule has 0 radical (unpaired) electrons. The van der Waals surface area contributed by atoms with Gasteiger partial charge in [-0.1, -0.05) is 18.6 Å². The van der Waals surface area contributed by atoms with Crippen molar-refractivity contribution in [2.24, 2.45) is 0 Å². The van der Waals surface area contributed by atoms with Crippen LogP contribution in [0.5, 0.6) is 0 Å². The number of thiophene rings is 1. The molecule has 1 aliphatic heterocycles. The van der Waals surface area contributed by atoms with Gasteiger partial charge in [0.05, 0.1) is 32.4 Å². The van der Waals surface area contributed by atoms with Gasteiger partial charge in [0.15, 0.2) is 21.0 Å². The predicted molar refractivity (Wildman–Crippen MR) is 161 cm³/mol. The van der Waals surface area contributed by atoms with Gasteiger partial charge >= 0.3 is 0 Å². The van der Waals surface area contributed by atoms with Crippen LogP contribution >= 0.6 is 34.4 Å². The van der Waals surface area contributed by atoms with Crippen LogP contribution in [0.2, 0.25) is 0 Å². The molecule has 0 unspecified atom stereocenters. The predicted octanol–water partition coefficient (Wildman–Crippen LogP) is 7.08. The van der Waals surface area contributed by atoms with Crippen molar-refractivity contribution in [1.29, 1.82) is 0 Å². The van der Waals surface area contributed by atoms with Gasteiger partial charge in [0, 0.05) is 4.88 Å². The summed E-state index contributed by atoms with van der Waals surface area (Å²) in [5.74, 6) is 0.259. The summed E-state index contributed by atoms with van der Waals surface area (Å²) in [6.45, 7) is 0. The number of anilines is 1. The fourth-order valence-corrected chi connectivity index (χ4v) is 8.80. The zero-order chi connectivity index (χ0) is 27.7. The van der Waals surface area contributed by atoms with Crippen LogP contribution in [0.1, 0.15) is 50.4 Å². The van der Waals surface area contributed by atoms with Crippen LogP contribution in [0, 0.1) is 0 Å². The van der Waals surface area contributed by atoms with Crippen LogP contribution in [0.15, 0.2) is 73.2 Å².